The molecule has 29 heavy (non-hydrogen) atoms. The molecule has 2 aliphatic rings. The first kappa shape index (κ1) is 23.8. The van der Waals surface area contributed by atoms with Crippen LogP contribution in [0.2, 0.25) is 0 Å². The number of rotatable bonds is 5. The van der Waals surface area contributed by atoms with Gasteiger partial charge in [0.1, 0.15) is 5.60 Å². The first-order valence-corrected chi connectivity index (χ1v) is 11.0. The minimum Gasteiger partial charge on any atom is -0.462 e. The molecule has 0 spiro atoms. The van der Waals surface area contributed by atoms with Crippen LogP contribution in [0.3, 0.4) is 0 Å². The van der Waals surface area contributed by atoms with Gasteiger partial charge in [0.2, 0.25) is 0 Å². The average Bonchev–Trinajstić information content (AvgIpc) is 3.31. The molecule has 1 aliphatic carbocycles. The molecule has 164 valence electrons. The smallest absolute Gasteiger partial charge is 0.333 e. The van der Waals surface area contributed by atoms with E-state index in [-0.39, 0.29) is 29.4 Å². The van der Waals surface area contributed by atoms with E-state index in [9.17, 15) is 14.7 Å². The van der Waals surface area contributed by atoms with Crippen LogP contribution < -0.4 is 0 Å². The Labute approximate surface area is 175 Å². The normalized spacial score (nSPS) is 35.6. The molecule has 1 fully saturated rings. The van der Waals surface area contributed by atoms with E-state index >= 15 is 0 Å². The van der Waals surface area contributed by atoms with Crippen LogP contribution in [0.4, 0.5) is 0 Å². The van der Waals surface area contributed by atoms with Crippen molar-refractivity contribution in [1.29, 1.82) is 0 Å². The number of epoxide rings is 1. The number of hydrogen-bond acceptors (Lipinski definition) is 5. The van der Waals surface area contributed by atoms with Crippen LogP contribution in [0.1, 0.15) is 85.5 Å². The van der Waals surface area contributed by atoms with E-state index in [1.165, 1.54) is 5.57 Å². The summed E-state index contributed by atoms with van der Waals surface area (Å²) in [6.45, 7) is 12.2. The van der Waals surface area contributed by atoms with Gasteiger partial charge in [-0.05, 0) is 71.6 Å². The highest BCUT2D eigenvalue weighted by Gasteiger charge is 2.52. The van der Waals surface area contributed by atoms with Crippen molar-refractivity contribution in [3.63, 3.8) is 0 Å². The van der Waals surface area contributed by atoms with Crippen molar-refractivity contribution >= 4 is 11.8 Å². The number of Topliss-reactive ketones (excluding diaryl/α,β-unsaturated/α-hetero) is 1. The zero-order valence-electron chi connectivity index (χ0n) is 18.6. The Kier molecular flexibility index (Phi) is 8.24. The van der Waals surface area contributed by atoms with E-state index in [0.717, 1.165) is 25.7 Å². The molecule has 1 N–H and O–H groups in total. The summed E-state index contributed by atoms with van der Waals surface area (Å²) in [5.74, 6) is -0.698. The van der Waals surface area contributed by atoms with Crippen LogP contribution in [-0.4, -0.2) is 40.8 Å². The number of ketones is 1. The largest absolute Gasteiger partial charge is 0.462 e. The molecule has 0 amide bonds. The second kappa shape index (κ2) is 10.0. The van der Waals surface area contributed by atoms with Crippen molar-refractivity contribution in [2.24, 2.45) is 5.92 Å². The van der Waals surface area contributed by atoms with Crippen LogP contribution in [0.25, 0.3) is 0 Å². The van der Waals surface area contributed by atoms with Crippen LogP contribution in [-0.2, 0) is 19.1 Å². The Hall–Kier alpha value is -1.46. The Bertz CT molecular complexity index is 648. The van der Waals surface area contributed by atoms with Crippen molar-refractivity contribution in [2.75, 3.05) is 6.61 Å². The Morgan fingerprint density at radius 2 is 2.07 bits per heavy atom. The molecule has 4 atom stereocenters. The van der Waals surface area contributed by atoms with Gasteiger partial charge in [-0.25, -0.2) is 4.79 Å². The standard InChI is InChI=1S/C24H38O5/c1-6-7-15-28-22(26)18(3)19-12-14-23(4,27)20(25)11-10-17(2)9-8-13-24(5)21(16-19)29-24/h9,19,21,27H,3,6-8,10-16H2,1-2,4-5H3/b17-9+/t19-,21+,23-,24-/m0/s1. The first-order chi connectivity index (χ1) is 13.6. The van der Waals surface area contributed by atoms with Crippen molar-refractivity contribution in [2.45, 2.75) is 103 Å². The lowest BCUT2D eigenvalue weighted by atomic mass is 9.82. The van der Waals surface area contributed by atoms with E-state index in [1.807, 2.05) is 13.8 Å². The fourth-order valence-electron chi connectivity index (χ4n) is 3.95. The lowest BCUT2D eigenvalue weighted by Gasteiger charge is -2.26. The third-order valence-electron chi connectivity index (χ3n) is 6.48. The van der Waals surface area contributed by atoms with Gasteiger partial charge < -0.3 is 14.6 Å². The number of unbranched alkanes of at least 4 members (excludes halogenated alkanes) is 1. The van der Waals surface area contributed by atoms with Gasteiger partial charge in [-0.2, -0.15) is 0 Å². The Morgan fingerprint density at radius 3 is 2.76 bits per heavy atom. The molecule has 0 bridgehead atoms. The summed E-state index contributed by atoms with van der Waals surface area (Å²) in [5.41, 5.74) is 0.0187. The quantitative estimate of drug-likeness (QED) is 0.236. The molecule has 0 unspecified atom stereocenters. The molecular formula is C24H38O5. The highest BCUT2D eigenvalue weighted by molar-refractivity contribution is 5.88. The summed E-state index contributed by atoms with van der Waals surface area (Å²) in [6, 6.07) is 0. The summed E-state index contributed by atoms with van der Waals surface area (Å²) in [4.78, 5) is 25.0. The first-order valence-electron chi connectivity index (χ1n) is 11.0. The van der Waals surface area contributed by atoms with Crippen LogP contribution in [0, 0.1) is 5.92 Å². The molecule has 0 aromatic rings. The van der Waals surface area contributed by atoms with Gasteiger partial charge in [-0.15, -0.1) is 0 Å². The highest BCUT2D eigenvalue weighted by atomic mass is 16.6. The monoisotopic (exact) mass is 406 g/mol. The maximum absolute atomic E-state index is 12.5. The van der Waals surface area contributed by atoms with Crippen molar-refractivity contribution in [3.05, 3.63) is 23.8 Å². The third-order valence-corrected chi connectivity index (χ3v) is 6.48. The van der Waals surface area contributed by atoms with Crippen molar-refractivity contribution < 1.29 is 24.2 Å². The minimum absolute atomic E-state index is 0.0602. The molecule has 5 nitrogen and oxygen atoms in total. The van der Waals surface area contributed by atoms with E-state index in [2.05, 4.69) is 19.6 Å². The molecule has 0 aromatic carbocycles. The zero-order valence-corrected chi connectivity index (χ0v) is 18.6. The molecule has 2 rings (SSSR count). The van der Waals surface area contributed by atoms with Crippen LogP contribution >= 0.6 is 0 Å². The Balaban J connectivity index is 2.13. The van der Waals surface area contributed by atoms with E-state index in [1.54, 1.807) is 6.92 Å². The number of allylic oxidation sites excluding steroid dienone is 2. The van der Waals surface area contributed by atoms with E-state index in [4.69, 9.17) is 9.47 Å². The number of carbonyl (C=O) groups excluding carboxylic acids is 2. The summed E-state index contributed by atoms with van der Waals surface area (Å²) in [7, 11) is 0. The fraction of sp³-hybridized carbons (Fsp3) is 0.750. The lowest BCUT2D eigenvalue weighted by molar-refractivity contribution is -0.139. The van der Waals surface area contributed by atoms with Gasteiger partial charge in [0.15, 0.2) is 5.78 Å². The van der Waals surface area contributed by atoms with Crippen molar-refractivity contribution in [3.8, 4) is 0 Å². The van der Waals surface area contributed by atoms with Gasteiger partial charge in [-0.1, -0.05) is 31.6 Å². The number of carbonyl (C=O) groups is 2. The number of fused-ring (bicyclic) bond motifs is 1. The summed E-state index contributed by atoms with van der Waals surface area (Å²) >= 11 is 0. The zero-order chi connectivity index (χ0) is 21.7. The van der Waals surface area contributed by atoms with Crippen LogP contribution in [0.15, 0.2) is 23.8 Å². The van der Waals surface area contributed by atoms with E-state index in [0.29, 0.717) is 44.3 Å². The second-order valence-corrected chi connectivity index (χ2v) is 9.19. The predicted octanol–water partition coefficient (Wildman–Crippen LogP) is 4.67. The summed E-state index contributed by atoms with van der Waals surface area (Å²) in [5, 5.41) is 10.7. The van der Waals surface area contributed by atoms with Gasteiger partial charge in [0, 0.05) is 12.0 Å². The maximum atomic E-state index is 12.5. The summed E-state index contributed by atoms with van der Waals surface area (Å²) < 4.78 is 11.3. The number of esters is 1. The number of ether oxygens (including phenoxy) is 2. The predicted molar refractivity (Wildman–Crippen MR) is 113 cm³/mol. The maximum Gasteiger partial charge on any atom is 0.333 e. The molecule has 0 aromatic heterocycles. The molecule has 1 aliphatic heterocycles. The molecule has 1 heterocycles. The molecular weight excluding hydrogens is 368 g/mol. The second-order valence-electron chi connectivity index (χ2n) is 9.19. The number of aliphatic hydroxyl groups is 1. The molecule has 5 heteroatoms. The van der Waals surface area contributed by atoms with Gasteiger partial charge in [0.25, 0.3) is 0 Å². The molecule has 0 saturated carbocycles. The Morgan fingerprint density at radius 1 is 1.34 bits per heavy atom. The van der Waals surface area contributed by atoms with Crippen molar-refractivity contribution in [1.82, 2.24) is 0 Å². The average molecular weight is 407 g/mol. The topological polar surface area (TPSA) is 76.1 Å². The third kappa shape index (κ3) is 6.78. The van der Waals surface area contributed by atoms with Gasteiger partial charge >= 0.3 is 5.97 Å². The summed E-state index contributed by atoms with van der Waals surface area (Å²) in [6.07, 6.45) is 8.27. The number of hydrogen-bond donors (Lipinski definition) is 1. The van der Waals surface area contributed by atoms with Crippen LogP contribution in [0.5, 0.6) is 0 Å². The minimum atomic E-state index is -1.40. The SMILES string of the molecule is C=C(C(=O)OCCCC)[C@H]1CC[C@](C)(O)C(=O)CC/C(C)=C/CC[C@]2(C)O[C@@H]2C1. The van der Waals surface area contributed by atoms with Gasteiger partial charge in [0.05, 0.1) is 18.3 Å². The van der Waals surface area contributed by atoms with Gasteiger partial charge in [-0.3, -0.25) is 4.79 Å². The van der Waals surface area contributed by atoms with E-state index < -0.39 is 5.60 Å². The highest BCUT2D eigenvalue weighted by Crippen LogP contribution is 2.46. The fourth-order valence-corrected chi connectivity index (χ4v) is 3.95. The lowest BCUT2D eigenvalue weighted by Crippen LogP contribution is -2.36. The molecule has 0 radical (unpaired) electrons. The molecule has 1 saturated heterocycles.